The largest absolute Gasteiger partial charge is 0.417 e. The van der Waals surface area contributed by atoms with E-state index in [1.807, 2.05) is 0 Å². The normalized spacial score (nSPS) is 13.5. The molecule has 0 aliphatic rings. The highest BCUT2D eigenvalue weighted by Crippen LogP contribution is 2.34. The van der Waals surface area contributed by atoms with Crippen molar-refractivity contribution in [2.45, 2.75) is 12.5 Å². The van der Waals surface area contributed by atoms with E-state index in [1.165, 1.54) is 0 Å². The highest BCUT2D eigenvalue weighted by Gasteiger charge is 2.35. The average Bonchev–Trinajstić information content (AvgIpc) is 2.25. The van der Waals surface area contributed by atoms with Crippen molar-refractivity contribution in [3.05, 3.63) is 34.9 Å². The van der Waals surface area contributed by atoms with Gasteiger partial charge >= 0.3 is 6.18 Å². The van der Waals surface area contributed by atoms with E-state index in [4.69, 9.17) is 5.73 Å². The number of nitrogens with two attached hydrogens (primary N) is 1. The molecule has 0 spiro atoms. The molecule has 0 aliphatic carbocycles. The fourth-order valence-corrected chi connectivity index (χ4v) is 1.29. The number of methoxy groups -OCH3 is 1. The minimum Gasteiger partial charge on any atom is -0.366 e. The molecule has 1 rings (SSSR count). The van der Waals surface area contributed by atoms with E-state index in [2.05, 4.69) is 4.74 Å². The van der Waals surface area contributed by atoms with Crippen LogP contribution in [0.2, 0.25) is 0 Å². The van der Waals surface area contributed by atoms with Crippen molar-refractivity contribution in [1.82, 2.24) is 0 Å². The molecule has 94 valence electrons. The molecule has 7 heteroatoms. The van der Waals surface area contributed by atoms with Crippen molar-refractivity contribution >= 4 is 5.91 Å². The maximum atomic E-state index is 13.1. The smallest absolute Gasteiger partial charge is 0.366 e. The number of amides is 1. The molecule has 1 aromatic rings. The van der Waals surface area contributed by atoms with Crippen LogP contribution < -0.4 is 5.73 Å². The van der Waals surface area contributed by atoms with Crippen LogP contribution in [0.4, 0.5) is 17.6 Å². The fraction of sp³-hybridized carbons (Fsp3) is 0.300. The van der Waals surface area contributed by atoms with Crippen LogP contribution in [0.25, 0.3) is 0 Å². The van der Waals surface area contributed by atoms with Crippen LogP contribution in [0.3, 0.4) is 0 Å². The molecule has 0 fully saturated rings. The predicted octanol–water partition coefficient (Wildman–Crippen LogP) is 2.42. The van der Waals surface area contributed by atoms with Gasteiger partial charge in [-0.05, 0) is 12.1 Å². The van der Waals surface area contributed by atoms with Crippen LogP contribution in [0.1, 0.15) is 27.8 Å². The molecule has 2 N–H and O–H groups in total. The molecule has 0 heterocycles. The Kier molecular flexibility index (Phi) is 3.72. The van der Waals surface area contributed by atoms with Gasteiger partial charge in [0.2, 0.25) is 12.3 Å². The van der Waals surface area contributed by atoms with Crippen LogP contribution in [0.5, 0.6) is 0 Å². The van der Waals surface area contributed by atoms with E-state index in [1.54, 1.807) is 0 Å². The third-order valence-electron chi connectivity index (χ3n) is 2.08. The molecule has 0 bridgehead atoms. The van der Waals surface area contributed by atoms with Crippen molar-refractivity contribution in [3.8, 4) is 0 Å². The second kappa shape index (κ2) is 4.70. The predicted molar refractivity (Wildman–Crippen MR) is 50.8 cm³/mol. The number of hydrogen-bond donors (Lipinski definition) is 1. The second-order valence-electron chi connectivity index (χ2n) is 3.22. The molecular formula is C10H9F4NO2. The number of ether oxygens (including phenoxy) is 1. The fourth-order valence-electron chi connectivity index (χ4n) is 1.29. The van der Waals surface area contributed by atoms with E-state index < -0.39 is 29.6 Å². The first-order valence-corrected chi connectivity index (χ1v) is 4.45. The maximum Gasteiger partial charge on any atom is 0.417 e. The van der Waals surface area contributed by atoms with E-state index in [0.29, 0.717) is 6.07 Å². The van der Waals surface area contributed by atoms with E-state index in [0.717, 1.165) is 19.2 Å². The molecular weight excluding hydrogens is 242 g/mol. The number of primary amides is 1. The van der Waals surface area contributed by atoms with Crippen molar-refractivity contribution in [1.29, 1.82) is 0 Å². The molecule has 0 aliphatic heterocycles. The van der Waals surface area contributed by atoms with Crippen molar-refractivity contribution in [3.63, 3.8) is 0 Å². The SMILES string of the molecule is COC(F)c1ccc(C(N)=O)c(C(F)(F)F)c1. The third-order valence-corrected chi connectivity index (χ3v) is 2.08. The van der Waals surface area contributed by atoms with Gasteiger partial charge in [0, 0.05) is 12.7 Å². The molecule has 3 nitrogen and oxygen atoms in total. The summed E-state index contributed by atoms with van der Waals surface area (Å²) in [6.07, 6.45) is -6.77. The Hall–Kier alpha value is -1.63. The van der Waals surface area contributed by atoms with Gasteiger partial charge in [-0.3, -0.25) is 4.79 Å². The van der Waals surface area contributed by atoms with E-state index in [-0.39, 0.29) is 5.56 Å². The first-order valence-electron chi connectivity index (χ1n) is 4.45. The topological polar surface area (TPSA) is 52.3 Å². The Bertz CT molecular complexity index is 431. The molecule has 17 heavy (non-hydrogen) atoms. The van der Waals surface area contributed by atoms with Gasteiger partial charge in [0.05, 0.1) is 11.1 Å². The molecule has 1 unspecified atom stereocenters. The zero-order valence-electron chi connectivity index (χ0n) is 8.72. The Morgan fingerprint density at radius 2 is 2.00 bits per heavy atom. The van der Waals surface area contributed by atoms with Gasteiger partial charge in [-0.25, -0.2) is 4.39 Å². The third kappa shape index (κ3) is 2.94. The van der Waals surface area contributed by atoms with Gasteiger partial charge < -0.3 is 10.5 Å². The first kappa shape index (κ1) is 13.4. The van der Waals surface area contributed by atoms with Gasteiger partial charge in [-0.2, -0.15) is 13.2 Å². The Balaban J connectivity index is 3.35. The van der Waals surface area contributed by atoms with Gasteiger partial charge in [-0.15, -0.1) is 0 Å². The summed E-state index contributed by atoms with van der Waals surface area (Å²) in [5.74, 6) is -1.23. The summed E-state index contributed by atoms with van der Waals surface area (Å²) in [4.78, 5) is 10.8. The molecule has 0 saturated heterocycles. The van der Waals surface area contributed by atoms with Crippen LogP contribution in [0, 0.1) is 0 Å². The highest BCUT2D eigenvalue weighted by atomic mass is 19.4. The van der Waals surface area contributed by atoms with E-state index in [9.17, 15) is 22.4 Å². The van der Waals surface area contributed by atoms with Gasteiger partial charge in [-0.1, -0.05) is 6.07 Å². The minimum absolute atomic E-state index is 0.329. The lowest BCUT2D eigenvalue weighted by Gasteiger charge is -2.13. The van der Waals surface area contributed by atoms with Crippen molar-refractivity contribution in [2.24, 2.45) is 5.73 Å². The molecule has 0 saturated carbocycles. The Morgan fingerprint density at radius 3 is 2.41 bits per heavy atom. The van der Waals surface area contributed by atoms with Crippen LogP contribution in [-0.4, -0.2) is 13.0 Å². The number of halogens is 4. The summed E-state index contributed by atoms with van der Waals surface area (Å²) in [5.41, 5.74) is 2.50. The summed E-state index contributed by atoms with van der Waals surface area (Å²) < 4.78 is 55.1. The maximum absolute atomic E-state index is 13.1. The summed E-state index contributed by atoms with van der Waals surface area (Å²) in [7, 11) is 1.01. The average molecular weight is 251 g/mol. The summed E-state index contributed by atoms with van der Waals surface area (Å²) in [6, 6.07) is 2.35. The molecule has 1 amide bonds. The van der Waals surface area contributed by atoms with E-state index >= 15 is 0 Å². The summed E-state index contributed by atoms with van der Waals surface area (Å²) in [6.45, 7) is 0. The lowest BCUT2D eigenvalue weighted by atomic mass is 10.0. The second-order valence-corrected chi connectivity index (χ2v) is 3.22. The van der Waals surface area contributed by atoms with Gasteiger partial charge in [0.1, 0.15) is 0 Å². The number of hydrogen-bond acceptors (Lipinski definition) is 2. The number of carbonyl (C=O) groups excluding carboxylic acids is 1. The Labute approximate surface area is 94.2 Å². The monoisotopic (exact) mass is 251 g/mol. The summed E-state index contributed by atoms with van der Waals surface area (Å²) >= 11 is 0. The lowest BCUT2D eigenvalue weighted by Crippen LogP contribution is -2.19. The zero-order chi connectivity index (χ0) is 13.2. The highest BCUT2D eigenvalue weighted by molar-refractivity contribution is 5.94. The summed E-state index contributed by atoms with van der Waals surface area (Å²) in [5, 5.41) is 0. The van der Waals surface area contributed by atoms with Crippen molar-refractivity contribution < 1.29 is 27.1 Å². The van der Waals surface area contributed by atoms with Crippen LogP contribution in [-0.2, 0) is 10.9 Å². The molecule has 1 atom stereocenters. The van der Waals surface area contributed by atoms with Crippen LogP contribution >= 0.6 is 0 Å². The van der Waals surface area contributed by atoms with Gasteiger partial charge in [0.15, 0.2) is 0 Å². The Morgan fingerprint density at radius 1 is 1.41 bits per heavy atom. The number of benzene rings is 1. The zero-order valence-corrected chi connectivity index (χ0v) is 8.72. The quantitative estimate of drug-likeness (QED) is 0.839. The number of rotatable bonds is 3. The number of alkyl halides is 4. The first-order chi connectivity index (χ1) is 7.77. The minimum atomic E-state index is -4.78. The van der Waals surface area contributed by atoms with Crippen LogP contribution in [0.15, 0.2) is 18.2 Å². The number of carbonyl (C=O) groups is 1. The molecule has 0 aromatic heterocycles. The lowest BCUT2D eigenvalue weighted by molar-refractivity contribution is -0.138. The standard InChI is InChI=1S/C10H9F4NO2/c1-17-8(11)5-2-3-6(9(15)16)7(4-5)10(12,13)14/h2-4,8H,1H3,(H2,15,16). The molecule has 1 aromatic carbocycles. The van der Waals surface area contributed by atoms with Gasteiger partial charge in [0.25, 0.3) is 0 Å². The van der Waals surface area contributed by atoms with Crippen molar-refractivity contribution in [2.75, 3.05) is 7.11 Å². The molecule has 0 radical (unpaired) electrons.